The predicted molar refractivity (Wildman–Crippen MR) is 140 cm³/mol. The monoisotopic (exact) mass is 507 g/mol. The zero-order valence-electron chi connectivity index (χ0n) is 22.3. The van der Waals surface area contributed by atoms with Crippen molar-refractivity contribution in [3.05, 3.63) is 65.7 Å². The average molecular weight is 508 g/mol. The maximum atomic E-state index is 13.9. The Bertz CT molecular complexity index is 1110. The van der Waals surface area contributed by atoms with Gasteiger partial charge >= 0.3 is 6.03 Å². The first-order valence-electron chi connectivity index (χ1n) is 12.8. The van der Waals surface area contributed by atoms with Crippen molar-refractivity contribution in [2.45, 2.75) is 52.0 Å². The molecule has 0 bridgehead atoms. The minimum absolute atomic E-state index is 0.0287. The quantitative estimate of drug-likeness (QED) is 0.622. The number of hydrogen-bond donors (Lipinski definition) is 1. The first-order valence-corrected chi connectivity index (χ1v) is 12.8. The van der Waals surface area contributed by atoms with E-state index >= 15 is 0 Å². The lowest BCUT2D eigenvalue weighted by molar-refractivity contribution is -0.192. The van der Waals surface area contributed by atoms with Gasteiger partial charge in [0.25, 0.3) is 0 Å². The van der Waals surface area contributed by atoms with E-state index in [-0.39, 0.29) is 42.9 Å². The summed E-state index contributed by atoms with van der Waals surface area (Å²) in [7, 11) is 3.35. The Morgan fingerprint density at radius 2 is 1.76 bits per heavy atom. The lowest BCUT2D eigenvalue weighted by Crippen LogP contribution is -2.76. The third-order valence-corrected chi connectivity index (χ3v) is 7.56. The fraction of sp³-hybridized carbons (Fsp3) is 0.464. The topological polar surface area (TPSA) is 85.4 Å². The molecule has 2 aromatic rings. The molecular formula is C28H37N5O4. The summed E-state index contributed by atoms with van der Waals surface area (Å²) in [5.41, 5.74) is 1.94. The summed E-state index contributed by atoms with van der Waals surface area (Å²) in [6.07, 6.45) is 0.130. The molecule has 4 amide bonds. The molecule has 2 aliphatic heterocycles. The van der Waals surface area contributed by atoms with Crippen LogP contribution in [0.2, 0.25) is 0 Å². The molecule has 1 N–H and O–H groups in total. The molecule has 198 valence electrons. The van der Waals surface area contributed by atoms with E-state index in [0.29, 0.717) is 6.54 Å². The summed E-state index contributed by atoms with van der Waals surface area (Å²) in [5, 5.41) is 6.24. The average Bonchev–Trinajstić information content (AvgIpc) is 2.91. The van der Waals surface area contributed by atoms with E-state index in [1.165, 1.54) is 0 Å². The van der Waals surface area contributed by atoms with Crippen LogP contribution in [-0.2, 0) is 16.1 Å². The van der Waals surface area contributed by atoms with Gasteiger partial charge in [-0.15, -0.1) is 0 Å². The number of carbonyl (C=O) groups is 3. The molecule has 0 spiro atoms. The molecule has 2 aromatic carbocycles. The number of urea groups is 1. The van der Waals surface area contributed by atoms with Gasteiger partial charge in [0.15, 0.2) is 0 Å². The van der Waals surface area contributed by atoms with Gasteiger partial charge in [0.05, 0.1) is 26.2 Å². The number of nitrogens with one attached hydrogen (secondary N) is 1. The minimum atomic E-state index is -0.631. The molecule has 2 heterocycles. The summed E-state index contributed by atoms with van der Waals surface area (Å²) >= 11 is 0. The van der Waals surface area contributed by atoms with E-state index in [9.17, 15) is 14.4 Å². The summed E-state index contributed by atoms with van der Waals surface area (Å²) < 4.78 is 5.21. The number of amides is 4. The second-order valence-electron chi connectivity index (χ2n) is 9.86. The van der Waals surface area contributed by atoms with E-state index in [1.54, 1.807) is 29.1 Å². The van der Waals surface area contributed by atoms with Gasteiger partial charge in [-0.05, 0) is 36.1 Å². The van der Waals surface area contributed by atoms with Gasteiger partial charge < -0.3 is 19.9 Å². The van der Waals surface area contributed by atoms with Crippen molar-refractivity contribution in [1.29, 1.82) is 0 Å². The van der Waals surface area contributed by atoms with Gasteiger partial charge in [0.2, 0.25) is 11.8 Å². The number of hydrazine groups is 1. The third-order valence-electron chi connectivity index (χ3n) is 7.56. The third kappa shape index (κ3) is 5.27. The Kier molecular flexibility index (Phi) is 8.02. The van der Waals surface area contributed by atoms with E-state index in [1.807, 2.05) is 80.3 Å². The fourth-order valence-corrected chi connectivity index (χ4v) is 5.22. The van der Waals surface area contributed by atoms with Gasteiger partial charge in [-0.25, -0.2) is 14.8 Å². The predicted octanol–water partition coefficient (Wildman–Crippen LogP) is 3.24. The van der Waals surface area contributed by atoms with Crippen LogP contribution >= 0.6 is 0 Å². The minimum Gasteiger partial charge on any atom is -0.497 e. The van der Waals surface area contributed by atoms with Crippen molar-refractivity contribution in [2.24, 2.45) is 5.92 Å². The number of carbonyl (C=O) groups excluding carboxylic acids is 3. The van der Waals surface area contributed by atoms with Crippen molar-refractivity contribution < 1.29 is 19.1 Å². The Balaban J connectivity index is 1.63. The Morgan fingerprint density at radius 3 is 2.38 bits per heavy atom. The molecule has 2 aliphatic rings. The molecule has 2 fully saturated rings. The summed E-state index contributed by atoms with van der Waals surface area (Å²) in [5.74, 6) is 0.476. The second-order valence-corrected chi connectivity index (χ2v) is 9.86. The van der Waals surface area contributed by atoms with Crippen LogP contribution in [0.1, 0.15) is 44.4 Å². The molecule has 4 atom stereocenters. The highest BCUT2D eigenvalue weighted by Gasteiger charge is 2.52. The highest BCUT2D eigenvalue weighted by atomic mass is 16.5. The molecular weight excluding hydrogens is 470 g/mol. The number of likely N-dealkylation sites (N-methyl/N-ethyl adjacent to an activating group) is 1. The normalized spacial score (nSPS) is 21.9. The van der Waals surface area contributed by atoms with Crippen molar-refractivity contribution in [1.82, 2.24) is 25.1 Å². The first kappa shape index (κ1) is 26.5. The molecule has 0 aromatic heterocycles. The molecule has 0 saturated carbocycles. The van der Waals surface area contributed by atoms with Crippen molar-refractivity contribution in [2.75, 3.05) is 27.2 Å². The van der Waals surface area contributed by atoms with Gasteiger partial charge in [0.1, 0.15) is 18.0 Å². The number of piperazine rings is 1. The van der Waals surface area contributed by atoms with Crippen molar-refractivity contribution in [3.63, 3.8) is 0 Å². The number of fused-ring (bicyclic) bond motifs is 1. The molecule has 0 radical (unpaired) electrons. The van der Waals surface area contributed by atoms with Gasteiger partial charge in [-0.2, -0.15) is 0 Å². The molecule has 37 heavy (non-hydrogen) atoms. The van der Waals surface area contributed by atoms with E-state index in [4.69, 9.17) is 4.74 Å². The maximum absolute atomic E-state index is 13.9. The summed E-state index contributed by atoms with van der Waals surface area (Å²) in [6, 6.07) is 16.2. The van der Waals surface area contributed by atoms with Crippen LogP contribution in [0.3, 0.4) is 0 Å². The van der Waals surface area contributed by atoms with Crippen LogP contribution < -0.4 is 10.1 Å². The number of hydrogen-bond acceptors (Lipinski definition) is 5. The van der Waals surface area contributed by atoms with Crippen molar-refractivity contribution >= 4 is 17.8 Å². The van der Waals surface area contributed by atoms with Gasteiger partial charge in [0, 0.05) is 13.6 Å². The second kappa shape index (κ2) is 11.2. The van der Waals surface area contributed by atoms with E-state index in [0.717, 1.165) is 23.3 Å². The maximum Gasteiger partial charge on any atom is 0.334 e. The van der Waals surface area contributed by atoms with Gasteiger partial charge in [-0.3, -0.25) is 9.59 Å². The first-order chi connectivity index (χ1) is 17.8. The molecule has 4 unspecified atom stereocenters. The van der Waals surface area contributed by atoms with Gasteiger partial charge in [-0.1, -0.05) is 62.7 Å². The smallest absolute Gasteiger partial charge is 0.334 e. The fourth-order valence-electron chi connectivity index (χ4n) is 5.22. The standard InChI is InChI=1S/C28H37N5O4/c1-6-19(2)26-27(35)31(20(3)22-10-8-7-9-11-22)17-24-32(26)25(34)18-30(4)33(24)28(36)29-16-21-12-14-23(37-5)15-13-21/h7-15,19-20,24,26H,6,16-18H2,1-5H3,(H,29,36). The van der Waals surface area contributed by atoms with E-state index < -0.39 is 12.2 Å². The number of benzene rings is 2. The number of nitrogens with zero attached hydrogens (tertiary/aromatic N) is 4. The Labute approximate surface area is 218 Å². The number of ether oxygens (including phenoxy) is 1. The summed E-state index contributed by atoms with van der Waals surface area (Å²) in [4.78, 5) is 44.2. The zero-order valence-corrected chi connectivity index (χ0v) is 22.3. The number of methoxy groups -OCH3 is 1. The van der Waals surface area contributed by atoms with Crippen LogP contribution in [0, 0.1) is 5.92 Å². The lowest BCUT2D eigenvalue weighted by Gasteiger charge is -2.56. The van der Waals surface area contributed by atoms with Crippen LogP contribution in [0.4, 0.5) is 4.79 Å². The lowest BCUT2D eigenvalue weighted by atomic mass is 9.91. The number of rotatable bonds is 7. The molecule has 4 rings (SSSR count). The molecule has 0 aliphatic carbocycles. The van der Waals surface area contributed by atoms with Crippen LogP contribution in [0.25, 0.3) is 0 Å². The highest BCUT2D eigenvalue weighted by molar-refractivity contribution is 5.92. The van der Waals surface area contributed by atoms with E-state index in [2.05, 4.69) is 5.32 Å². The van der Waals surface area contributed by atoms with Crippen molar-refractivity contribution in [3.8, 4) is 5.75 Å². The largest absolute Gasteiger partial charge is 0.497 e. The molecule has 2 saturated heterocycles. The van der Waals surface area contributed by atoms with Crippen LogP contribution in [0.15, 0.2) is 54.6 Å². The molecule has 9 heteroatoms. The van der Waals surface area contributed by atoms with Crippen LogP contribution in [0.5, 0.6) is 5.75 Å². The zero-order chi connectivity index (χ0) is 26.7. The molecule has 9 nitrogen and oxygen atoms in total. The SMILES string of the molecule is CCC(C)C1C(=O)N(C(C)c2ccccc2)CC2N1C(=O)CN(C)N2C(=O)NCc1ccc(OC)cc1. The van der Waals surface area contributed by atoms with Crippen LogP contribution in [-0.4, -0.2) is 77.1 Å². The highest BCUT2D eigenvalue weighted by Crippen LogP contribution is 2.34. The Hall–Kier alpha value is -3.59. The Morgan fingerprint density at radius 1 is 1.08 bits per heavy atom. The summed E-state index contributed by atoms with van der Waals surface area (Å²) in [6.45, 7) is 6.60.